The third kappa shape index (κ3) is 4.62. The summed E-state index contributed by atoms with van der Waals surface area (Å²) in [6, 6.07) is 47.1. The van der Waals surface area contributed by atoms with Crippen molar-refractivity contribution in [3.63, 3.8) is 0 Å². The zero-order valence-electron chi connectivity index (χ0n) is 27.6. The molecule has 10 rings (SSSR count). The van der Waals surface area contributed by atoms with Crippen LogP contribution in [-0.2, 0) is 0 Å². The van der Waals surface area contributed by atoms with E-state index in [0.717, 1.165) is 29.1 Å². The number of fused-ring (bicyclic) bond motifs is 6. The standard InChI is InChI=1S/C49H34O/c1-2-15-32(16-3-1)38-22-8-9-24-40(38)48-43-27-12-10-25-41(43)46(42-26-11-13-28-44(42)48)35-19-14-20-36(29-35)47-39-23-7-5-18-34(39)31-45-33-17-4-6-21-37(30-33)50-49(45)47/h1-15,17-33H,16H2/t32?,33-/m0/s1. The Morgan fingerprint density at radius 2 is 1.16 bits per heavy atom. The van der Waals surface area contributed by atoms with E-state index in [1.165, 1.54) is 65.7 Å². The molecule has 0 amide bonds. The maximum Gasteiger partial charge on any atom is 0.139 e. The van der Waals surface area contributed by atoms with E-state index >= 15 is 0 Å². The van der Waals surface area contributed by atoms with Crippen LogP contribution in [0.2, 0.25) is 0 Å². The molecule has 0 fully saturated rings. The lowest BCUT2D eigenvalue weighted by Gasteiger charge is -2.26. The Bertz CT molecular complexity index is 2600. The normalized spacial score (nSPS) is 17.5. The number of allylic oxidation sites excluding steroid dienone is 9. The van der Waals surface area contributed by atoms with Gasteiger partial charge in [0, 0.05) is 23.0 Å². The molecule has 0 aromatic heterocycles. The highest BCUT2D eigenvalue weighted by molar-refractivity contribution is 6.22. The predicted molar refractivity (Wildman–Crippen MR) is 211 cm³/mol. The summed E-state index contributed by atoms with van der Waals surface area (Å²) >= 11 is 0. The van der Waals surface area contributed by atoms with Gasteiger partial charge in [-0.25, -0.2) is 0 Å². The largest absolute Gasteiger partial charge is 0.457 e. The van der Waals surface area contributed by atoms with Gasteiger partial charge in [0.2, 0.25) is 0 Å². The van der Waals surface area contributed by atoms with Crippen molar-refractivity contribution >= 4 is 32.3 Å². The molecular weight excluding hydrogens is 605 g/mol. The highest BCUT2D eigenvalue weighted by Gasteiger charge is 2.27. The smallest absolute Gasteiger partial charge is 0.139 e. The first-order valence-corrected chi connectivity index (χ1v) is 17.6. The third-order valence-corrected chi connectivity index (χ3v) is 10.6. The molecule has 7 aromatic rings. The zero-order valence-corrected chi connectivity index (χ0v) is 27.6. The molecular formula is C49H34O. The minimum atomic E-state index is 0.165. The second-order valence-electron chi connectivity index (χ2n) is 13.5. The lowest BCUT2D eigenvalue weighted by atomic mass is 9.81. The van der Waals surface area contributed by atoms with Crippen molar-refractivity contribution in [1.82, 2.24) is 0 Å². The molecule has 236 valence electrons. The van der Waals surface area contributed by atoms with Gasteiger partial charge in [-0.3, -0.25) is 0 Å². The lowest BCUT2D eigenvalue weighted by Crippen LogP contribution is -2.08. The monoisotopic (exact) mass is 638 g/mol. The van der Waals surface area contributed by atoms with Crippen molar-refractivity contribution in [2.45, 2.75) is 18.3 Å². The van der Waals surface area contributed by atoms with Crippen molar-refractivity contribution < 1.29 is 4.74 Å². The quantitative estimate of drug-likeness (QED) is 0.174. The summed E-state index contributed by atoms with van der Waals surface area (Å²) < 4.78 is 6.71. The Labute approximate surface area is 292 Å². The summed E-state index contributed by atoms with van der Waals surface area (Å²) in [5.74, 6) is 2.36. The van der Waals surface area contributed by atoms with Gasteiger partial charge in [0.25, 0.3) is 0 Å². The summed E-state index contributed by atoms with van der Waals surface area (Å²) in [5.41, 5.74) is 9.96. The van der Waals surface area contributed by atoms with Gasteiger partial charge in [-0.15, -0.1) is 0 Å². The van der Waals surface area contributed by atoms with Gasteiger partial charge in [-0.2, -0.15) is 0 Å². The summed E-state index contributed by atoms with van der Waals surface area (Å²) in [6.45, 7) is 0. The van der Waals surface area contributed by atoms with E-state index in [1.807, 2.05) is 0 Å². The van der Waals surface area contributed by atoms with Crippen LogP contribution in [0.4, 0.5) is 0 Å². The second-order valence-corrected chi connectivity index (χ2v) is 13.5. The van der Waals surface area contributed by atoms with E-state index in [9.17, 15) is 0 Å². The fourth-order valence-corrected chi connectivity index (χ4v) is 8.42. The van der Waals surface area contributed by atoms with Gasteiger partial charge in [-0.1, -0.05) is 158 Å². The van der Waals surface area contributed by atoms with Gasteiger partial charge in [0.15, 0.2) is 0 Å². The van der Waals surface area contributed by atoms with Crippen molar-refractivity contribution in [2.24, 2.45) is 0 Å². The maximum absolute atomic E-state index is 6.71. The van der Waals surface area contributed by atoms with Gasteiger partial charge in [0.05, 0.1) is 0 Å². The third-order valence-electron chi connectivity index (χ3n) is 10.6. The average molecular weight is 639 g/mol. The number of ether oxygens (including phenoxy) is 1. The topological polar surface area (TPSA) is 9.23 Å². The van der Waals surface area contributed by atoms with E-state index in [4.69, 9.17) is 4.74 Å². The van der Waals surface area contributed by atoms with Crippen molar-refractivity contribution in [3.8, 4) is 39.1 Å². The molecule has 1 heteroatoms. The molecule has 1 aliphatic heterocycles. The molecule has 2 bridgehead atoms. The molecule has 3 aliphatic rings. The molecule has 1 unspecified atom stereocenters. The van der Waals surface area contributed by atoms with E-state index < -0.39 is 0 Å². The summed E-state index contributed by atoms with van der Waals surface area (Å²) in [4.78, 5) is 0. The Hall–Kier alpha value is -6.18. The molecule has 0 radical (unpaired) electrons. The van der Waals surface area contributed by atoms with Crippen molar-refractivity contribution in [1.29, 1.82) is 0 Å². The lowest BCUT2D eigenvalue weighted by molar-refractivity contribution is 0.427. The van der Waals surface area contributed by atoms with Crippen LogP contribution in [0.3, 0.4) is 0 Å². The Morgan fingerprint density at radius 3 is 1.92 bits per heavy atom. The fraction of sp³-hybridized carbons (Fsp3) is 0.0612. The Morgan fingerprint density at radius 1 is 0.500 bits per heavy atom. The molecule has 0 saturated heterocycles. The number of hydrogen-bond acceptors (Lipinski definition) is 1. The van der Waals surface area contributed by atoms with Crippen LogP contribution in [0.25, 0.3) is 65.7 Å². The highest BCUT2D eigenvalue weighted by atomic mass is 16.5. The van der Waals surface area contributed by atoms with Crippen LogP contribution in [-0.4, -0.2) is 0 Å². The highest BCUT2D eigenvalue weighted by Crippen LogP contribution is 2.50. The van der Waals surface area contributed by atoms with Crippen LogP contribution >= 0.6 is 0 Å². The minimum absolute atomic E-state index is 0.165. The molecule has 0 saturated carbocycles. The van der Waals surface area contributed by atoms with Crippen LogP contribution in [0, 0.1) is 0 Å². The van der Waals surface area contributed by atoms with E-state index in [-0.39, 0.29) is 5.92 Å². The zero-order chi connectivity index (χ0) is 33.0. The van der Waals surface area contributed by atoms with Gasteiger partial charge in [-0.05, 0) is 96.4 Å². The van der Waals surface area contributed by atoms with Crippen LogP contribution < -0.4 is 4.74 Å². The molecule has 2 aliphatic carbocycles. The van der Waals surface area contributed by atoms with Crippen LogP contribution in [0.1, 0.15) is 29.4 Å². The number of benzene rings is 7. The Kier molecular flexibility index (Phi) is 6.77. The van der Waals surface area contributed by atoms with Crippen molar-refractivity contribution in [2.75, 3.05) is 0 Å². The van der Waals surface area contributed by atoms with E-state index in [1.54, 1.807) is 0 Å². The molecule has 0 N–H and O–H groups in total. The van der Waals surface area contributed by atoms with E-state index in [0.29, 0.717) is 5.92 Å². The first-order chi connectivity index (χ1) is 24.8. The van der Waals surface area contributed by atoms with Gasteiger partial charge in [0.1, 0.15) is 11.5 Å². The minimum Gasteiger partial charge on any atom is -0.457 e. The number of hydrogen-bond donors (Lipinski definition) is 0. The SMILES string of the molecule is C1=CCC(c2ccccc2-c2c3ccccc3c(-c3cccc(-c4c5c(cc6ccccc46)[C@H]4C=CC=CC(=C4)O5)c3)c3ccccc23)C=C1. The maximum atomic E-state index is 6.71. The van der Waals surface area contributed by atoms with Crippen molar-refractivity contribution in [3.05, 3.63) is 199 Å². The molecule has 1 nitrogen and oxygen atoms in total. The molecule has 2 atom stereocenters. The molecule has 1 heterocycles. The van der Waals surface area contributed by atoms with Gasteiger partial charge < -0.3 is 4.74 Å². The molecule has 50 heavy (non-hydrogen) atoms. The Balaban J connectivity index is 1.23. The first kappa shape index (κ1) is 28.8. The molecule has 7 aromatic carbocycles. The summed E-state index contributed by atoms with van der Waals surface area (Å²) in [7, 11) is 0. The van der Waals surface area contributed by atoms with Gasteiger partial charge >= 0.3 is 0 Å². The number of rotatable bonds is 4. The fourth-order valence-electron chi connectivity index (χ4n) is 8.42. The predicted octanol–water partition coefficient (Wildman–Crippen LogP) is 13.2. The van der Waals surface area contributed by atoms with Crippen LogP contribution in [0.5, 0.6) is 5.75 Å². The van der Waals surface area contributed by atoms with E-state index in [2.05, 4.69) is 182 Å². The second kappa shape index (κ2) is 11.8. The summed E-state index contributed by atoms with van der Waals surface area (Å²) in [6.07, 6.45) is 20.7. The molecule has 0 spiro atoms. The average Bonchev–Trinajstić information content (AvgIpc) is 3.38. The van der Waals surface area contributed by atoms with Crippen LogP contribution in [0.15, 0.2) is 188 Å². The first-order valence-electron chi connectivity index (χ1n) is 17.6. The summed E-state index contributed by atoms with van der Waals surface area (Å²) in [5, 5.41) is 7.48.